The Labute approximate surface area is 151 Å². The maximum absolute atomic E-state index is 12.7. The summed E-state index contributed by atoms with van der Waals surface area (Å²) in [6.45, 7) is 5.43. The van der Waals surface area contributed by atoms with Gasteiger partial charge in [0.05, 0.1) is 6.04 Å². The van der Waals surface area contributed by atoms with Crippen LogP contribution in [0.4, 0.5) is 0 Å². The van der Waals surface area contributed by atoms with Crippen LogP contribution in [0.5, 0.6) is 0 Å². The number of nitrogens with one attached hydrogen (secondary N) is 2. The highest BCUT2D eigenvalue weighted by atomic mass is 16.2. The van der Waals surface area contributed by atoms with Crippen LogP contribution in [0.1, 0.15) is 56.2 Å². The van der Waals surface area contributed by atoms with Crippen LogP contribution in [0.2, 0.25) is 0 Å². The van der Waals surface area contributed by atoms with Gasteiger partial charge in [0.2, 0.25) is 0 Å². The lowest BCUT2D eigenvalue weighted by atomic mass is 9.94. The van der Waals surface area contributed by atoms with Gasteiger partial charge in [-0.2, -0.15) is 5.10 Å². The molecule has 0 aliphatic heterocycles. The van der Waals surface area contributed by atoms with Crippen molar-refractivity contribution in [1.82, 2.24) is 20.5 Å². The number of hydrogen-bond acceptors (Lipinski definition) is 4. The Morgan fingerprint density at radius 1 is 1.15 bits per heavy atom. The summed E-state index contributed by atoms with van der Waals surface area (Å²) < 4.78 is 0. The number of nitrogens with zero attached hydrogens (tertiary/aromatic N) is 2. The first-order valence-electron chi connectivity index (χ1n) is 8.30. The van der Waals surface area contributed by atoms with E-state index in [0.29, 0.717) is 0 Å². The second-order valence-corrected chi connectivity index (χ2v) is 6.28. The Bertz CT molecular complexity index is 947. The molecule has 1 aromatic carbocycles. The number of H-pyrrole nitrogens is 1. The first-order chi connectivity index (χ1) is 12.5. The number of hydrogen-bond donors (Lipinski definition) is 2. The van der Waals surface area contributed by atoms with Crippen LogP contribution >= 0.6 is 0 Å². The van der Waals surface area contributed by atoms with Crippen molar-refractivity contribution >= 4 is 11.7 Å². The van der Waals surface area contributed by atoms with Gasteiger partial charge < -0.3 is 5.32 Å². The average molecular weight is 348 g/mol. The second kappa shape index (κ2) is 7.31. The SMILES string of the molecule is CC(=O)c1cc(C(=O)N[C@@H](c2cccnc2)c2cc(C)ccc2C)[nH]n1. The molecule has 6 heteroatoms. The lowest BCUT2D eigenvalue weighted by molar-refractivity contribution is 0.0937. The van der Waals surface area contributed by atoms with Crippen LogP contribution in [0.25, 0.3) is 0 Å². The number of carbonyl (C=O) groups excluding carboxylic acids is 2. The van der Waals surface area contributed by atoms with Crippen molar-refractivity contribution in [3.05, 3.63) is 82.4 Å². The Balaban J connectivity index is 1.97. The maximum atomic E-state index is 12.7. The summed E-state index contributed by atoms with van der Waals surface area (Å²) in [5, 5.41) is 9.52. The molecular weight excluding hydrogens is 328 g/mol. The summed E-state index contributed by atoms with van der Waals surface area (Å²) in [5.41, 5.74) is 4.53. The van der Waals surface area contributed by atoms with Crippen molar-refractivity contribution in [2.45, 2.75) is 26.8 Å². The number of benzene rings is 1. The second-order valence-electron chi connectivity index (χ2n) is 6.28. The van der Waals surface area contributed by atoms with Gasteiger partial charge >= 0.3 is 0 Å². The number of Topliss-reactive ketones (excluding diaryl/α,β-unsaturated/α-hetero) is 1. The van der Waals surface area contributed by atoms with Crippen molar-refractivity contribution < 1.29 is 9.59 Å². The van der Waals surface area contributed by atoms with E-state index in [0.717, 1.165) is 22.3 Å². The number of aromatic amines is 1. The van der Waals surface area contributed by atoms with Gasteiger partial charge in [-0.15, -0.1) is 0 Å². The highest BCUT2D eigenvalue weighted by Crippen LogP contribution is 2.26. The van der Waals surface area contributed by atoms with Crippen LogP contribution in [-0.2, 0) is 0 Å². The smallest absolute Gasteiger partial charge is 0.270 e. The molecule has 0 unspecified atom stereocenters. The zero-order chi connectivity index (χ0) is 18.7. The van der Waals surface area contributed by atoms with E-state index in [9.17, 15) is 9.59 Å². The third kappa shape index (κ3) is 3.69. The molecule has 6 nitrogen and oxygen atoms in total. The van der Waals surface area contributed by atoms with Gasteiger partial charge in [-0.3, -0.25) is 19.7 Å². The fraction of sp³-hybridized carbons (Fsp3) is 0.200. The molecule has 0 saturated carbocycles. The van der Waals surface area contributed by atoms with Gasteiger partial charge in [0.1, 0.15) is 11.4 Å². The Hall–Kier alpha value is -3.28. The number of rotatable bonds is 5. The fourth-order valence-electron chi connectivity index (χ4n) is 2.79. The summed E-state index contributed by atoms with van der Waals surface area (Å²) in [6, 6.07) is 11.0. The van der Waals surface area contributed by atoms with Gasteiger partial charge in [0.25, 0.3) is 5.91 Å². The topological polar surface area (TPSA) is 87.7 Å². The van der Waals surface area contributed by atoms with Gasteiger partial charge in [0, 0.05) is 19.3 Å². The number of aryl methyl sites for hydroxylation is 2. The molecule has 3 rings (SSSR count). The number of carbonyl (C=O) groups is 2. The van der Waals surface area contributed by atoms with Crippen LogP contribution < -0.4 is 5.32 Å². The molecule has 0 bridgehead atoms. The lowest BCUT2D eigenvalue weighted by Gasteiger charge is -2.21. The molecule has 132 valence electrons. The van der Waals surface area contributed by atoms with Crippen LogP contribution in [0.15, 0.2) is 48.8 Å². The molecule has 0 fully saturated rings. The third-order valence-corrected chi connectivity index (χ3v) is 4.22. The van der Waals surface area contributed by atoms with Crippen LogP contribution in [0, 0.1) is 13.8 Å². The fourth-order valence-corrected chi connectivity index (χ4v) is 2.79. The minimum Gasteiger partial charge on any atom is -0.340 e. The van der Waals surface area contributed by atoms with Crippen molar-refractivity contribution in [1.29, 1.82) is 0 Å². The van der Waals surface area contributed by atoms with E-state index in [-0.39, 0.29) is 29.1 Å². The zero-order valence-electron chi connectivity index (χ0n) is 14.9. The molecule has 0 aliphatic rings. The predicted octanol–water partition coefficient (Wildman–Crippen LogP) is 3.14. The van der Waals surface area contributed by atoms with Gasteiger partial charge in [-0.05, 0) is 42.7 Å². The molecule has 0 radical (unpaired) electrons. The summed E-state index contributed by atoms with van der Waals surface area (Å²) in [5.74, 6) is -0.529. The van der Waals surface area contributed by atoms with Gasteiger partial charge in [-0.1, -0.05) is 29.8 Å². The van der Waals surface area contributed by atoms with E-state index in [4.69, 9.17) is 0 Å². The van der Waals surface area contributed by atoms with Crippen molar-refractivity contribution in [2.75, 3.05) is 0 Å². The molecule has 0 aliphatic carbocycles. The van der Waals surface area contributed by atoms with E-state index in [1.807, 2.05) is 38.1 Å². The summed E-state index contributed by atoms with van der Waals surface area (Å²) in [7, 11) is 0. The molecule has 26 heavy (non-hydrogen) atoms. The molecule has 1 amide bonds. The first-order valence-corrected chi connectivity index (χ1v) is 8.30. The molecular formula is C20H20N4O2. The Morgan fingerprint density at radius 3 is 2.62 bits per heavy atom. The van der Waals surface area contributed by atoms with Crippen molar-refractivity contribution in [3.8, 4) is 0 Å². The monoisotopic (exact) mass is 348 g/mol. The third-order valence-electron chi connectivity index (χ3n) is 4.22. The lowest BCUT2D eigenvalue weighted by Crippen LogP contribution is -2.30. The highest BCUT2D eigenvalue weighted by molar-refractivity contribution is 5.97. The molecule has 3 aromatic rings. The molecule has 2 N–H and O–H groups in total. The van der Waals surface area contributed by atoms with E-state index < -0.39 is 0 Å². The van der Waals surface area contributed by atoms with Crippen molar-refractivity contribution in [3.63, 3.8) is 0 Å². The van der Waals surface area contributed by atoms with Crippen molar-refractivity contribution in [2.24, 2.45) is 0 Å². The Kier molecular flexibility index (Phi) is 4.93. The van der Waals surface area contributed by atoms with Crippen LogP contribution in [0.3, 0.4) is 0 Å². The molecule has 2 aromatic heterocycles. The largest absolute Gasteiger partial charge is 0.340 e. The van der Waals surface area contributed by atoms with E-state index in [1.165, 1.54) is 13.0 Å². The minimum atomic E-state index is -0.361. The summed E-state index contributed by atoms with van der Waals surface area (Å²) in [6.07, 6.45) is 3.43. The Morgan fingerprint density at radius 2 is 1.96 bits per heavy atom. The normalized spacial score (nSPS) is 11.8. The summed E-state index contributed by atoms with van der Waals surface area (Å²) >= 11 is 0. The number of amides is 1. The maximum Gasteiger partial charge on any atom is 0.270 e. The quantitative estimate of drug-likeness (QED) is 0.693. The minimum absolute atomic E-state index is 0.196. The zero-order valence-corrected chi connectivity index (χ0v) is 14.9. The number of pyridine rings is 1. The number of aromatic nitrogens is 3. The number of ketones is 1. The van der Waals surface area contributed by atoms with E-state index in [1.54, 1.807) is 12.4 Å². The van der Waals surface area contributed by atoms with E-state index in [2.05, 4.69) is 26.6 Å². The van der Waals surface area contributed by atoms with E-state index >= 15 is 0 Å². The standard InChI is InChI=1S/C20H20N4O2/c1-12-6-7-13(2)16(9-12)19(15-5-4-8-21-11-15)22-20(26)18-10-17(14(3)25)23-24-18/h4-11,19H,1-3H3,(H,22,26)(H,23,24)/t19-/m0/s1. The molecule has 1 atom stereocenters. The average Bonchev–Trinajstić information content (AvgIpc) is 3.13. The van der Waals surface area contributed by atoms with Gasteiger partial charge in [0.15, 0.2) is 5.78 Å². The molecule has 0 spiro atoms. The van der Waals surface area contributed by atoms with Gasteiger partial charge in [-0.25, -0.2) is 0 Å². The predicted molar refractivity (Wildman–Crippen MR) is 98.1 cm³/mol. The summed E-state index contributed by atoms with van der Waals surface area (Å²) in [4.78, 5) is 28.3. The first kappa shape index (κ1) is 17.5. The highest BCUT2D eigenvalue weighted by Gasteiger charge is 2.21. The molecule has 2 heterocycles. The molecule has 0 saturated heterocycles. The van der Waals surface area contributed by atoms with Crippen LogP contribution in [-0.4, -0.2) is 26.9 Å².